The fourth-order valence-electron chi connectivity index (χ4n) is 2.95. The van der Waals surface area contributed by atoms with Gasteiger partial charge in [-0.05, 0) is 37.4 Å². The van der Waals surface area contributed by atoms with Crippen LogP contribution in [0.15, 0.2) is 24.3 Å². The molecule has 2 N–H and O–H groups in total. The third kappa shape index (κ3) is 3.70. The lowest BCUT2D eigenvalue weighted by Gasteiger charge is -2.27. The van der Waals surface area contributed by atoms with Crippen LogP contribution in [0.5, 0.6) is 5.75 Å². The first-order chi connectivity index (χ1) is 9.59. The molecule has 1 aromatic rings. The molecule has 1 aromatic carbocycles. The highest BCUT2D eigenvalue weighted by molar-refractivity contribution is 7.80. The number of nitrogens with two attached hydrogens (primary N) is 1. The van der Waals surface area contributed by atoms with Crippen molar-refractivity contribution < 1.29 is 4.74 Å². The Morgan fingerprint density at radius 2 is 2.20 bits per heavy atom. The zero-order valence-corrected chi connectivity index (χ0v) is 13.2. The molecule has 1 heterocycles. The molecule has 0 aromatic heterocycles. The number of hydrogen-bond donors (Lipinski definition) is 1. The third-order valence-corrected chi connectivity index (χ3v) is 4.19. The number of ether oxygens (including phenoxy) is 1. The first-order valence-electron chi connectivity index (χ1n) is 7.35. The largest absolute Gasteiger partial charge is 0.492 e. The van der Waals surface area contributed by atoms with Crippen LogP contribution in [0.3, 0.4) is 0 Å². The molecule has 1 aliphatic heterocycles. The first-order valence-corrected chi connectivity index (χ1v) is 7.76. The van der Waals surface area contributed by atoms with Gasteiger partial charge in [-0.2, -0.15) is 0 Å². The molecule has 1 atom stereocenters. The van der Waals surface area contributed by atoms with Gasteiger partial charge in [-0.25, -0.2) is 0 Å². The molecule has 0 radical (unpaired) electrons. The van der Waals surface area contributed by atoms with Gasteiger partial charge >= 0.3 is 0 Å². The molecule has 1 saturated heterocycles. The van der Waals surface area contributed by atoms with Crippen LogP contribution in [0, 0.1) is 5.92 Å². The van der Waals surface area contributed by atoms with E-state index in [-0.39, 0.29) is 0 Å². The summed E-state index contributed by atoms with van der Waals surface area (Å²) in [6.07, 6.45) is 2.60. The van der Waals surface area contributed by atoms with Crippen molar-refractivity contribution in [1.82, 2.24) is 4.90 Å². The second kappa shape index (κ2) is 7.04. The Morgan fingerprint density at radius 1 is 1.45 bits per heavy atom. The van der Waals surface area contributed by atoms with E-state index < -0.39 is 0 Å². The fourth-order valence-corrected chi connectivity index (χ4v) is 3.12. The summed E-state index contributed by atoms with van der Waals surface area (Å²) < 4.78 is 5.88. The standard InChI is InChI=1S/C16H24N2OS/c1-12(2)14-7-5-9-18(14)10-11-19-15-8-4-3-6-13(15)16(17)20/h3-4,6,8,12,14H,5,7,9-11H2,1-2H3,(H2,17,20). The Labute approximate surface area is 127 Å². The van der Waals surface area contributed by atoms with E-state index in [4.69, 9.17) is 22.7 Å². The van der Waals surface area contributed by atoms with Gasteiger partial charge in [0.1, 0.15) is 17.3 Å². The van der Waals surface area contributed by atoms with Crippen LogP contribution < -0.4 is 10.5 Å². The summed E-state index contributed by atoms with van der Waals surface area (Å²) in [4.78, 5) is 2.93. The van der Waals surface area contributed by atoms with Crippen LogP contribution in [-0.4, -0.2) is 35.6 Å². The number of thiocarbonyl (C=S) groups is 1. The van der Waals surface area contributed by atoms with Crippen molar-refractivity contribution in [3.63, 3.8) is 0 Å². The van der Waals surface area contributed by atoms with Crippen molar-refractivity contribution in [2.75, 3.05) is 19.7 Å². The van der Waals surface area contributed by atoms with Crippen molar-refractivity contribution in [3.8, 4) is 5.75 Å². The number of likely N-dealkylation sites (tertiary alicyclic amines) is 1. The average molecular weight is 292 g/mol. The molecule has 1 unspecified atom stereocenters. The van der Waals surface area contributed by atoms with Gasteiger partial charge in [0.25, 0.3) is 0 Å². The maximum absolute atomic E-state index is 5.88. The summed E-state index contributed by atoms with van der Waals surface area (Å²) in [5.74, 6) is 1.50. The van der Waals surface area contributed by atoms with E-state index in [2.05, 4.69) is 18.7 Å². The minimum Gasteiger partial charge on any atom is -0.492 e. The van der Waals surface area contributed by atoms with Crippen molar-refractivity contribution >= 4 is 17.2 Å². The molecule has 20 heavy (non-hydrogen) atoms. The number of nitrogens with zero attached hydrogens (tertiary/aromatic N) is 1. The fraction of sp³-hybridized carbons (Fsp3) is 0.562. The Morgan fingerprint density at radius 3 is 2.90 bits per heavy atom. The highest BCUT2D eigenvalue weighted by atomic mass is 32.1. The predicted octanol–water partition coefficient (Wildman–Crippen LogP) is 2.82. The minimum absolute atomic E-state index is 0.391. The van der Waals surface area contributed by atoms with Gasteiger partial charge in [0, 0.05) is 12.6 Å². The quantitative estimate of drug-likeness (QED) is 0.818. The Bertz CT molecular complexity index is 462. The number of para-hydroxylation sites is 1. The van der Waals surface area contributed by atoms with Crippen LogP contribution in [0.2, 0.25) is 0 Å². The molecule has 0 aliphatic carbocycles. The molecular weight excluding hydrogens is 268 g/mol. The third-order valence-electron chi connectivity index (χ3n) is 3.97. The number of hydrogen-bond acceptors (Lipinski definition) is 3. The van der Waals surface area contributed by atoms with E-state index >= 15 is 0 Å². The highest BCUT2D eigenvalue weighted by Gasteiger charge is 2.26. The van der Waals surface area contributed by atoms with Crippen molar-refractivity contribution in [3.05, 3.63) is 29.8 Å². The zero-order chi connectivity index (χ0) is 14.5. The van der Waals surface area contributed by atoms with Gasteiger partial charge in [0.15, 0.2) is 0 Å². The van der Waals surface area contributed by atoms with Crippen molar-refractivity contribution in [2.24, 2.45) is 11.7 Å². The molecule has 1 aliphatic rings. The molecule has 0 bridgehead atoms. The zero-order valence-electron chi connectivity index (χ0n) is 12.3. The van der Waals surface area contributed by atoms with Gasteiger partial charge in [0.05, 0.1) is 5.56 Å². The molecule has 3 nitrogen and oxygen atoms in total. The summed E-state index contributed by atoms with van der Waals surface area (Å²) in [6.45, 7) is 7.43. The molecule has 0 spiro atoms. The molecule has 0 amide bonds. The topological polar surface area (TPSA) is 38.5 Å². The van der Waals surface area contributed by atoms with Gasteiger partial charge < -0.3 is 10.5 Å². The Kier molecular flexibility index (Phi) is 5.38. The Balaban J connectivity index is 1.89. The summed E-state index contributed by atoms with van der Waals surface area (Å²) in [6, 6.07) is 8.41. The second-order valence-corrected chi connectivity index (χ2v) is 6.14. The average Bonchev–Trinajstić information content (AvgIpc) is 2.87. The maximum Gasteiger partial charge on any atom is 0.129 e. The van der Waals surface area contributed by atoms with Crippen LogP contribution in [0.25, 0.3) is 0 Å². The SMILES string of the molecule is CC(C)C1CCCN1CCOc1ccccc1C(N)=S. The van der Waals surface area contributed by atoms with Crippen LogP contribution in [0.1, 0.15) is 32.3 Å². The lowest BCUT2D eigenvalue weighted by atomic mass is 10.0. The normalized spacial score (nSPS) is 19.4. The Hall–Kier alpha value is -1.13. The number of rotatable bonds is 6. The lowest BCUT2D eigenvalue weighted by molar-refractivity contribution is 0.168. The summed E-state index contributed by atoms with van der Waals surface area (Å²) >= 11 is 5.05. The van der Waals surface area contributed by atoms with Gasteiger partial charge in [-0.1, -0.05) is 38.2 Å². The van der Waals surface area contributed by atoms with E-state index in [9.17, 15) is 0 Å². The summed E-state index contributed by atoms with van der Waals surface area (Å²) in [7, 11) is 0. The van der Waals surface area contributed by atoms with E-state index in [1.165, 1.54) is 19.4 Å². The van der Waals surface area contributed by atoms with Crippen LogP contribution in [-0.2, 0) is 0 Å². The second-order valence-electron chi connectivity index (χ2n) is 5.70. The number of benzene rings is 1. The molecule has 1 fully saturated rings. The first kappa shape index (κ1) is 15.3. The van der Waals surface area contributed by atoms with Crippen molar-refractivity contribution in [2.45, 2.75) is 32.7 Å². The molecule has 110 valence electrons. The van der Waals surface area contributed by atoms with Gasteiger partial charge in [-0.3, -0.25) is 4.90 Å². The summed E-state index contributed by atoms with van der Waals surface area (Å²) in [5.41, 5.74) is 6.53. The lowest BCUT2D eigenvalue weighted by Crippen LogP contribution is -2.36. The highest BCUT2D eigenvalue weighted by Crippen LogP contribution is 2.23. The van der Waals surface area contributed by atoms with E-state index in [1.54, 1.807) is 0 Å². The predicted molar refractivity (Wildman–Crippen MR) is 87.3 cm³/mol. The van der Waals surface area contributed by atoms with Crippen LogP contribution in [0.4, 0.5) is 0 Å². The summed E-state index contributed by atoms with van der Waals surface area (Å²) in [5, 5.41) is 0. The molecule has 4 heteroatoms. The van der Waals surface area contributed by atoms with E-state index in [0.717, 1.165) is 17.9 Å². The molecule has 2 rings (SSSR count). The van der Waals surface area contributed by atoms with Gasteiger partial charge in [0.2, 0.25) is 0 Å². The van der Waals surface area contributed by atoms with Crippen molar-refractivity contribution in [1.29, 1.82) is 0 Å². The maximum atomic E-state index is 5.88. The minimum atomic E-state index is 0.391. The monoisotopic (exact) mass is 292 g/mol. The molecule has 0 saturated carbocycles. The van der Waals surface area contributed by atoms with E-state index in [0.29, 0.717) is 23.6 Å². The van der Waals surface area contributed by atoms with E-state index in [1.807, 2.05) is 24.3 Å². The van der Waals surface area contributed by atoms with Gasteiger partial charge in [-0.15, -0.1) is 0 Å². The smallest absolute Gasteiger partial charge is 0.129 e. The molecular formula is C16H24N2OS. The van der Waals surface area contributed by atoms with Crippen LogP contribution >= 0.6 is 12.2 Å².